The van der Waals surface area contributed by atoms with E-state index in [9.17, 15) is 14.9 Å². The van der Waals surface area contributed by atoms with Crippen molar-refractivity contribution in [2.75, 3.05) is 44.3 Å². The number of benzene rings is 1. The maximum Gasteiger partial charge on any atom is 0.301 e. The van der Waals surface area contributed by atoms with E-state index in [1.54, 1.807) is 24.4 Å². The minimum absolute atomic E-state index is 0.0695. The van der Waals surface area contributed by atoms with E-state index >= 15 is 0 Å². The molecule has 1 amide bonds. The van der Waals surface area contributed by atoms with Crippen molar-refractivity contribution in [1.82, 2.24) is 9.88 Å². The highest BCUT2D eigenvalue weighted by atomic mass is 16.6. The van der Waals surface area contributed by atoms with Crippen LogP contribution >= 0.6 is 0 Å². The number of carbonyl (C=O) groups is 1. The van der Waals surface area contributed by atoms with E-state index in [1.807, 2.05) is 15.9 Å². The number of hydrogen-bond donors (Lipinski definition) is 0. The predicted octanol–water partition coefficient (Wildman–Crippen LogP) is 2.22. The van der Waals surface area contributed by atoms with Gasteiger partial charge in [0.2, 0.25) is 5.91 Å². The van der Waals surface area contributed by atoms with Gasteiger partial charge in [-0.3, -0.25) is 19.9 Å². The van der Waals surface area contributed by atoms with Gasteiger partial charge in [-0.1, -0.05) is 0 Å². The molecule has 1 atom stereocenters. The summed E-state index contributed by atoms with van der Waals surface area (Å²) in [6.07, 6.45) is 3.28. The van der Waals surface area contributed by atoms with Crippen LogP contribution < -0.4 is 4.90 Å². The molecule has 2 aliphatic heterocycles. The first-order valence-electron chi connectivity index (χ1n) is 9.29. The number of morpholine rings is 1. The van der Waals surface area contributed by atoms with Crippen molar-refractivity contribution in [1.29, 1.82) is 0 Å². The zero-order valence-electron chi connectivity index (χ0n) is 15.0. The van der Waals surface area contributed by atoms with Crippen LogP contribution in [0.1, 0.15) is 12.8 Å². The number of amides is 1. The van der Waals surface area contributed by atoms with Gasteiger partial charge in [-0.25, -0.2) is 0 Å². The molecule has 2 fully saturated rings. The Kier molecular flexibility index (Phi) is 4.89. The molecule has 1 aromatic heterocycles. The van der Waals surface area contributed by atoms with Gasteiger partial charge in [-0.2, -0.15) is 0 Å². The Morgan fingerprint density at radius 2 is 2.04 bits per heavy atom. The molecular formula is C19H22N4O4. The smallest absolute Gasteiger partial charge is 0.301 e. The SMILES string of the molecule is O=C(C1CCCN(c2ccc3ncccc3c2[N+](=O)[O-])C1)N1CCOCC1. The third-order valence-electron chi connectivity index (χ3n) is 5.35. The Labute approximate surface area is 156 Å². The van der Waals surface area contributed by atoms with Gasteiger partial charge < -0.3 is 14.5 Å². The second-order valence-electron chi connectivity index (χ2n) is 6.98. The van der Waals surface area contributed by atoms with E-state index in [2.05, 4.69) is 4.98 Å². The first kappa shape index (κ1) is 17.7. The number of nitro benzene ring substituents is 1. The molecule has 142 valence electrons. The van der Waals surface area contributed by atoms with Crippen LogP contribution in [0.5, 0.6) is 0 Å². The van der Waals surface area contributed by atoms with Gasteiger partial charge in [-0.05, 0) is 37.1 Å². The molecule has 0 spiro atoms. The summed E-state index contributed by atoms with van der Waals surface area (Å²) in [6, 6.07) is 7.00. The molecule has 0 saturated carbocycles. The normalized spacial score (nSPS) is 20.7. The molecule has 0 aliphatic carbocycles. The molecule has 0 bridgehead atoms. The fourth-order valence-corrected chi connectivity index (χ4v) is 4.01. The molecule has 3 heterocycles. The van der Waals surface area contributed by atoms with Crippen molar-refractivity contribution >= 4 is 28.2 Å². The largest absolute Gasteiger partial charge is 0.378 e. The van der Waals surface area contributed by atoms with E-state index in [0.717, 1.165) is 12.8 Å². The molecule has 27 heavy (non-hydrogen) atoms. The zero-order valence-corrected chi connectivity index (χ0v) is 15.0. The van der Waals surface area contributed by atoms with Gasteiger partial charge >= 0.3 is 5.69 Å². The van der Waals surface area contributed by atoms with Crippen LogP contribution in [0, 0.1) is 16.0 Å². The minimum Gasteiger partial charge on any atom is -0.378 e. The average Bonchev–Trinajstić information content (AvgIpc) is 2.73. The van der Waals surface area contributed by atoms with Gasteiger partial charge in [0.25, 0.3) is 0 Å². The molecule has 8 nitrogen and oxygen atoms in total. The van der Waals surface area contributed by atoms with E-state index < -0.39 is 0 Å². The third-order valence-corrected chi connectivity index (χ3v) is 5.35. The highest BCUT2D eigenvalue weighted by Crippen LogP contribution is 2.37. The third kappa shape index (κ3) is 3.44. The van der Waals surface area contributed by atoms with Crippen LogP contribution in [0.2, 0.25) is 0 Å². The van der Waals surface area contributed by atoms with Crippen LogP contribution in [0.4, 0.5) is 11.4 Å². The molecule has 8 heteroatoms. The first-order valence-corrected chi connectivity index (χ1v) is 9.29. The number of piperidine rings is 1. The summed E-state index contributed by atoms with van der Waals surface area (Å²) >= 11 is 0. The number of carbonyl (C=O) groups excluding carboxylic acids is 1. The standard InChI is InChI=1S/C19H22N4O4/c24-19(21-9-11-27-12-10-21)14-3-2-8-22(13-14)17-6-5-16-15(4-1-7-20-16)18(17)23(25)26/h1,4-7,14H,2-3,8-13H2. The molecular weight excluding hydrogens is 348 g/mol. The molecule has 2 aliphatic rings. The Morgan fingerprint density at radius 1 is 1.22 bits per heavy atom. The van der Waals surface area contributed by atoms with Gasteiger partial charge in [-0.15, -0.1) is 0 Å². The molecule has 0 N–H and O–H groups in total. The molecule has 2 aromatic rings. The molecule has 0 radical (unpaired) electrons. The topological polar surface area (TPSA) is 88.8 Å². The molecule has 4 rings (SSSR count). The summed E-state index contributed by atoms with van der Waals surface area (Å²) in [5, 5.41) is 12.3. The fraction of sp³-hybridized carbons (Fsp3) is 0.474. The molecule has 1 aromatic carbocycles. The summed E-state index contributed by atoms with van der Waals surface area (Å²) < 4.78 is 5.33. The fourth-order valence-electron chi connectivity index (χ4n) is 4.01. The summed E-state index contributed by atoms with van der Waals surface area (Å²) in [7, 11) is 0. The van der Waals surface area contributed by atoms with Crippen molar-refractivity contribution in [3.8, 4) is 0 Å². The number of anilines is 1. The van der Waals surface area contributed by atoms with E-state index in [1.165, 1.54) is 0 Å². The van der Waals surface area contributed by atoms with Gasteiger partial charge in [0, 0.05) is 32.4 Å². The van der Waals surface area contributed by atoms with Gasteiger partial charge in [0.05, 0.1) is 35.0 Å². The number of ether oxygens (including phenoxy) is 1. The second-order valence-corrected chi connectivity index (χ2v) is 6.98. The van der Waals surface area contributed by atoms with Crippen molar-refractivity contribution < 1.29 is 14.5 Å². The van der Waals surface area contributed by atoms with Crippen LogP contribution in [-0.4, -0.2) is 60.1 Å². The Morgan fingerprint density at radius 3 is 2.81 bits per heavy atom. The Balaban J connectivity index is 1.62. The first-order chi connectivity index (χ1) is 13.1. The highest BCUT2D eigenvalue weighted by Gasteiger charge is 2.33. The molecule has 2 saturated heterocycles. The second kappa shape index (κ2) is 7.48. The van der Waals surface area contributed by atoms with Crippen LogP contribution in [0.15, 0.2) is 30.5 Å². The Hall–Kier alpha value is -2.74. The van der Waals surface area contributed by atoms with Crippen LogP contribution in [0.25, 0.3) is 10.9 Å². The Bertz CT molecular complexity index is 866. The van der Waals surface area contributed by atoms with Gasteiger partial charge in [0.1, 0.15) is 5.69 Å². The zero-order chi connectivity index (χ0) is 18.8. The van der Waals surface area contributed by atoms with E-state index in [4.69, 9.17) is 4.74 Å². The maximum atomic E-state index is 12.9. The highest BCUT2D eigenvalue weighted by molar-refractivity contribution is 5.94. The maximum absolute atomic E-state index is 12.9. The quantitative estimate of drug-likeness (QED) is 0.608. The summed E-state index contributed by atoms with van der Waals surface area (Å²) in [4.78, 5) is 32.4. The van der Waals surface area contributed by atoms with E-state index in [0.29, 0.717) is 56.0 Å². The summed E-state index contributed by atoms with van der Waals surface area (Å²) in [5.41, 5.74) is 1.24. The van der Waals surface area contributed by atoms with Crippen LogP contribution in [0.3, 0.4) is 0 Å². The lowest BCUT2D eigenvalue weighted by Gasteiger charge is -2.37. The number of nitro groups is 1. The molecule has 1 unspecified atom stereocenters. The number of hydrogen-bond acceptors (Lipinski definition) is 6. The van der Waals surface area contributed by atoms with Crippen molar-refractivity contribution in [2.45, 2.75) is 12.8 Å². The van der Waals surface area contributed by atoms with Crippen molar-refractivity contribution in [3.05, 3.63) is 40.6 Å². The average molecular weight is 370 g/mol. The lowest BCUT2D eigenvalue weighted by molar-refractivity contribution is -0.382. The number of fused-ring (bicyclic) bond motifs is 1. The van der Waals surface area contributed by atoms with Crippen molar-refractivity contribution in [3.63, 3.8) is 0 Å². The van der Waals surface area contributed by atoms with Crippen molar-refractivity contribution in [2.24, 2.45) is 5.92 Å². The number of pyridine rings is 1. The van der Waals surface area contributed by atoms with E-state index in [-0.39, 0.29) is 22.4 Å². The summed E-state index contributed by atoms with van der Waals surface area (Å²) in [6.45, 7) is 3.60. The summed E-state index contributed by atoms with van der Waals surface area (Å²) in [5.74, 6) is -0.00541. The van der Waals surface area contributed by atoms with Crippen LogP contribution in [-0.2, 0) is 9.53 Å². The van der Waals surface area contributed by atoms with Gasteiger partial charge in [0.15, 0.2) is 0 Å². The lowest BCUT2D eigenvalue weighted by Crippen LogP contribution is -2.48. The lowest BCUT2D eigenvalue weighted by atomic mass is 9.95. The number of aromatic nitrogens is 1. The number of rotatable bonds is 3. The number of nitrogens with zero attached hydrogens (tertiary/aromatic N) is 4. The predicted molar refractivity (Wildman–Crippen MR) is 101 cm³/mol. The monoisotopic (exact) mass is 370 g/mol. The minimum atomic E-state index is -0.341.